The highest BCUT2D eigenvalue weighted by molar-refractivity contribution is 5.92. The number of ether oxygens (including phenoxy) is 15. The van der Waals surface area contributed by atoms with Crippen LogP contribution in [0.15, 0.2) is 146 Å². The van der Waals surface area contributed by atoms with Crippen LogP contribution in [0.25, 0.3) is 0 Å². The van der Waals surface area contributed by atoms with Gasteiger partial charge in [0.05, 0.1) is 41.0 Å². The van der Waals surface area contributed by atoms with Gasteiger partial charge in [-0.15, -0.1) is 0 Å². The Morgan fingerprint density at radius 1 is 0.368 bits per heavy atom. The molecule has 3 aliphatic heterocycles. The van der Waals surface area contributed by atoms with Crippen molar-refractivity contribution in [1.29, 1.82) is 0 Å². The molecule has 0 radical (unpaired) electrons. The highest BCUT2D eigenvalue weighted by Gasteiger charge is 2.60. The van der Waals surface area contributed by atoms with Crippen molar-refractivity contribution in [2.75, 3.05) is 20.3 Å². The third-order valence-corrected chi connectivity index (χ3v) is 13.6. The fourth-order valence-corrected chi connectivity index (χ4v) is 9.62. The summed E-state index contributed by atoms with van der Waals surface area (Å²) in [5, 5.41) is 11.6. The smallest absolute Gasteiger partial charge is 0.338 e. The van der Waals surface area contributed by atoms with Gasteiger partial charge in [-0.1, -0.05) is 72.8 Å². The molecule has 0 aromatic heterocycles. The van der Waals surface area contributed by atoms with Crippen LogP contribution in [0, 0.1) is 0 Å². The van der Waals surface area contributed by atoms with Crippen molar-refractivity contribution in [1.82, 2.24) is 0 Å². The summed E-state index contributed by atoms with van der Waals surface area (Å²) in [5.41, 5.74) is -0.130. The van der Waals surface area contributed by atoms with Crippen molar-refractivity contribution < 1.29 is 119 Å². The average molecular weight is 1210 g/mol. The molecule has 3 saturated heterocycles. The van der Waals surface area contributed by atoms with Gasteiger partial charge in [-0.2, -0.15) is 0 Å². The zero-order chi connectivity index (χ0) is 62.3. The number of benzene rings is 5. The Morgan fingerprint density at radius 3 is 1.15 bits per heavy atom. The van der Waals surface area contributed by atoms with Gasteiger partial charge in [-0.05, 0) is 79.7 Å². The maximum Gasteiger partial charge on any atom is 0.338 e. The Labute approximate surface area is 497 Å². The minimum atomic E-state index is -2.11. The third-order valence-electron chi connectivity index (χ3n) is 13.6. The van der Waals surface area contributed by atoms with Crippen molar-refractivity contribution in [2.45, 2.75) is 127 Å². The van der Waals surface area contributed by atoms with Crippen LogP contribution in [0.5, 0.6) is 5.75 Å². The monoisotopic (exact) mass is 1210 g/mol. The molecule has 0 bridgehead atoms. The number of hydrogen-bond donors (Lipinski definition) is 1. The lowest BCUT2D eigenvalue weighted by Gasteiger charge is -2.50. The van der Waals surface area contributed by atoms with Crippen molar-refractivity contribution >= 4 is 53.7 Å². The number of methoxy groups -OCH3 is 1. The molecule has 0 amide bonds. The molecule has 0 saturated carbocycles. The standard InChI is InChI=1S/C62H62O25/c1-33-46(49(82-56(68)38-19-11-7-12-20-38)52(60(72)76-33)84-58(70)40-23-15-9-16-24-40)86-62-54(85-59(71)41-25-17-10-18-26-41)51(83-57(69)39-21-13-8-14-22-39)48(45(81-62)32-75-55(67)42-27-29-43(73-6)30-28-42)87-61-53(79-37(5)66)50(78-36(4)65)47(77-35(3)64)44(80-61)31-74-34(2)63/h7-30,33,44-54,60-62,72H,31-32H2,1-6H3/t33-,44-,45-,46-,47-,48+,49+,50+,51+,52-,53-,54-,60+,61-,62+/m1/s1. The molecule has 15 atom stereocenters. The fourth-order valence-electron chi connectivity index (χ4n) is 9.62. The first-order chi connectivity index (χ1) is 41.8. The maximum atomic E-state index is 14.7. The van der Waals surface area contributed by atoms with Crippen molar-refractivity contribution in [2.24, 2.45) is 0 Å². The van der Waals surface area contributed by atoms with E-state index in [4.69, 9.17) is 71.1 Å². The Kier molecular flexibility index (Phi) is 21.9. The van der Waals surface area contributed by atoms with E-state index in [0.717, 1.165) is 27.7 Å². The number of carbonyl (C=O) groups is 9. The summed E-state index contributed by atoms with van der Waals surface area (Å²) in [5.74, 6) is -8.58. The van der Waals surface area contributed by atoms with Crippen LogP contribution < -0.4 is 4.74 Å². The summed E-state index contributed by atoms with van der Waals surface area (Å²) < 4.78 is 90.8. The van der Waals surface area contributed by atoms with Crippen LogP contribution in [-0.4, -0.2) is 171 Å². The highest BCUT2D eigenvalue weighted by atomic mass is 16.8. The maximum absolute atomic E-state index is 14.7. The lowest BCUT2D eigenvalue weighted by molar-refractivity contribution is -0.374. The van der Waals surface area contributed by atoms with E-state index < -0.39 is 159 Å². The molecule has 0 aliphatic carbocycles. The first kappa shape index (κ1) is 63.9. The van der Waals surface area contributed by atoms with Crippen LogP contribution in [0.3, 0.4) is 0 Å². The Morgan fingerprint density at radius 2 is 0.713 bits per heavy atom. The second-order valence-electron chi connectivity index (χ2n) is 19.8. The lowest BCUT2D eigenvalue weighted by atomic mass is 9.95. The van der Waals surface area contributed by atoms with Gasteiger partial charge in [-0.3, -0.25) is 19.2 Å². The SMILES string of the molecule is COc1ccc(C(=O)OC[C@H]2O[C@@H](O[C@H]3[C@H](OC(=O)c4ccccc4)[C@@H](OC(=O)c4ccccc4)[C@@H](O)O[C@@H]3C)[C@H](OC(=O)c3ccccc3)[C@@H](OC(=O)c3ccccc3)[C@H]2O[C@H]2O[C@H](COC(C)=O)[C@@H](OC(C)=O)[C@H](OC(C)=O)[C@H]2OC(C)=O)cc1. The summed E-state index contributed by atoms with van der Waals surface area (Å²) in [7, 11) is 1.42. The van der Waals surface area contributed by atoms with Gasteiger partial charge in [0.1, 0.15) is 43.4 Å². The molecule has 5 aromatic rings. The van der Waals surface area contributed by atoms with Crippen molar-refractivity contribution in [3.63, 3.8) is 0 Å². The summed E-state index contributed by atoms with van der Waals surface area (Å²) >= 11 is 0. The molecule has 3 heterocycles. The number of hydrogen-bond acceptors (Lipinski definition) is 25. The predicted octanol–water partition coefficient (Wildman–Crippen LogP) is 5.07. The Balaban J connectivity index is 1.30. The van der Waals surface area contributed by atoms with Gasteiger partial charge in [0.15, 0.2) is 61.6 Å². The van der Waals surface area contributed by atoms with Crippen LogP contribution >= 0.6 is 0 Å². The van der Waals surface area contributed by atoms with E-state index in [9.17, 15) is 48.3 Å². The molecule has 5 aromatic carbocycles. The van der Waals surface area contributed by atoms with Gasteiger partial charge in [0.2, 0.25) is 0 Å². The third kappa shape index (κ3) is 16.7. The van der Waals surface area contributed by atoms with Crippen LogP contribution in [0.2, 0.25) is 0 Å². The van der Waals surface area contributed by atoms with Crippen LogP contribution in [0.1, 0.15) is 86.4 Å². The number of carbonyl (C=O) groups excluding carboxylic acids is 9. The molecule has 460 valence electrons. The minimum absolute atomic E-state index is 0.00965. The summed E-state index contributed by atoms with van der Waals surface area (Å²) in [4.78, 5) is 123. The van der Waals surface area contributed by atoms with Crippen LogP contribution in [-0.2, 0) is 85.5 Å². The van der Waals surface area contributed by atoms with E-state index in [1.54, 1.807) is 48.5 Å². The van der Waals surface area contributed by atoms with Gasteiger partial charge in [0, 0.05) is 27.7 Å². The molecule has 8 rings (SSSR count). The predicted molar refractivity (Wildman–Crippen MR) is 293 cm³/mol. The van der Waals surface area contributed by atoms with E-state index in [0.29, 0.717) is 5.75 Å². The van der Waals surface area contributed by atoms with E-state index >= 15 is 0 Å². The van der Waals surface area contributed by atoms with E-state index in [2.05, 4.69) is 0 Å². The topological polar surface area (TPSA) is 312 Å². The zero-order valence-electron chi connectivity index (χ0n) is 47.7. The van der Waals surface area contributed by atoms with Gasteiger partial charge in [0.25, 0.3) is 0 Å². The number of rotatable bonds is 21. The van der Waals surface area contributed by atoms with E-state index in [1.165, 1.54) is 111 Å². The molecular formula is C62H62O25. The van der Waals surface area contributed by atoms with Gasteiger partial charge in [-0.25, -0.2) is 24.0 Å². The molecule has 25 nitrogen and oxygen atoms in total. The Bertz CT molecular complexity index is 3180. The zero-order valence-corrected chi connectivity index (χ0v) is 47.7. The molecule has 0 unspecified atom stereocenters. The van der Waals surface area contributed by atoms with Crippen molar-refractivity contribution in [3.8, 4) is 5.75 Å². The number of esters is 9. The lowest BCUT2D eigenvalue weighted by Crippen LogP contribution is -2.68. The average Bonchev–Trinajstić information content (AvgIpc) is 1.61. The summed E-state index contributed by atoms with van der Waals surface area (Å²) in [6, 6.07) is 35.8. The molecule has 1 N–H and O–H groups in total. The minimum Gasteiger partial charge on any atom is -0.497 e. The van der Waals surface area contributed by atoms with Crippen molar-refractivity contribution in [3.05, 3.63) is 173 Å². The molecule has 3 aliphatic rings. The number of aliphatic hydroxyl groups is 1. The highest BCUT2D eigenvalue weighted by Crippen LogP contribution is 2.39. The second kappa shape index (κ2) is 29.8. The summed E-state index contributed by atoms with van der Waals surface area (Å²) in [6.07, 6.45) is -28.0. The Hall–Kier alpha value is -9.11. The summed E-state index contributed by atoms with van der Waals surface area (Å²) in [6.45, 7) is 3.86. The van der Waals surface area contributed by atoms with Gasteiger partial charge >= 0.3 is 53.7 Å². The van der Waals surface area contributed by atoms with E-state index in [1.807, 2.05) is 0 Å². The molecule has 0 spiro atoms. The fraction of sp³-hybridized carbons (Fsp3) is 0.371. The first-order valence-corrected chi connectivity index (χ1v) is 27.2. The van der Waals surface area contributed by atoms with Crippen LogP contribution in [0.4, 0.5) is 0 Å². The van der Waals surface area contributed by atoms with E-state index in [-0.39, 0.29) is 27.8 Å². The molecule has 3 fully saturated rings. The normalized spacial score (nSPS) is 26.7. The van der Waals surface area contributed by atoms with Gasteiger partial charge < -0.3 is 76.2 Å². The molecular weight excluding hydrogens is 1140 g/mol. The quantitative estimate of drug-likeness (QED) is 0.0740. The second-order valence-corrected chi connectivity index (χ2v) is 19.8. The molecule has 25 heteroatoms. The first-order valence-electron chi connectivity index (χ1n) is 27.2. The number of aliphatic hydroxyl groups excluding tert-OH is 1. The largest absolute Gasteiger partial charge is 0.497 e. The molecule has 87 heavy (non-hydrogen) atoms.